The van der Waals surface area contributed by atoms with Crippen molar-refractivity contribution in [3.8, 4) is 0 Å². The minimum absolute atomic E-state index is 0.0232. The van der Waals surface area contributed by atoms with Crippen molar-refractivity contribution in [2.75, 3.05) is 0 Å². The van der Waals surface area contributed by atoms with Gasteiger partial charge in [0, 0.05) is 31.8 Å². The number of hydrogen-bond donors (Lipinski definition) is 0. The molecule has 2 heterocycles. The fourth-order valence-electron chi connectivity index (χ4n) is 2.98. The van der Waals surface area contributed by atoms with Crippen molar-refractivity contribution in [1.29, 1.82) is 0 Å². The Hall–Kier alpha value is -1.62. The highest BCUT2D eigenvalue weighted by atomic mass is 79.9. The van der Waals surface area contributed by atoms with Crippen LogP contribution in [0.3, 0.4) is 0 Å². The molecule has 1 aromatic carbocycles. The topological polar surface area (TPSA) is 34.4 Å². The Kier molecular flexibility index (Phi) is 3.99. The molecular formula is C18H11BrCl2N2O. The Morgan fingerprint density at radius 1 is 1.12 bits per heavy atom. The molecule has 0 saturated heterocycles. The van der Waals surface area contributed by atoms with E-state index in [2.05, 4.69) is 20.9 Å². The summed E-state index contributed by atoms with van der Waals surface area (Å²) in [5.41, 5.74) is 3.84. The number of benzene rings is 1. The van der Waals surface area contributed by atoms with Crippen molar-refractivity contribution in [2.24, 2.45) is 0 Å². The SMILES string of the molecule is O=c1c2c(nc3ccc(Br)cn13)C(=Cc1c(Cl)cccc1Cl)CC2. The molecule has 3 nitrogen and oxygen atoms in total. The molecule has 24 heavy (non-hydrogen) atoms. The molecule has 0 amide bonds. The average molecular weight is 422 g/mol. The van der Waals surface area contributed by atoms with Crippen LogP contribution in [0, 0.1) is 0 Å². The van der Waals surface area contributed by atoms with Gasteiger partial charge in [-0.2, -0.15) is 0 Å². The normalized spacial score (nSPS) is 15.2. The number of hydrogen-bond acceptors (Lipinski definition) is 2. The van der Waals surface area contributed by atoms with Crippen LogP contribution in [0.15, 0.2) is 45.8 Å². The molecule has 0 saturated carbocycles. The van der Waals surface area contributed by atoms with E-state index in [4.69, 9.17) is 23.2 Å². The minimum Gasteiger partial charge on any atom is -0.269 e. The summed E-state index contributed by atoms with van der Waals surface area (Å²) < 4.78 is 2.42. The molecule has 0 unspecified atom stereocenters. The van der Waals surface area contributed by atoms with Gasteiger partial charge >= 0.3 is 0 Å². The van der Waals surface area contributed by atoms with E-state index in [9.17, 15) is 4.79 Å². The third kappa shape index (κ3) is 2.59. The van der Waals surface area contributed by atoms with E-state index < -0.39 is 0 Å². The molecule has 3 aromatic rings. The lowest BCUT2D eigenvalue weighted by Gasteiger charge is -2.07. The maximum Gasteiger partial charge on any atom is 0.261 e. The fraction of sp³-hybridized carbons (Fsp3) is 0.111. The summed E-state index contributed by atoms with van der Waals surface area (Å²) >= 11 is 15.9. The Labute approximate surface area is 156 Å². The third-order valence-electron chi connectivity index (χ3n) is 4.15. The van der Waals surface area contributed by atoms with Gasteiger partial charge in [-0.3, -0.25) is 9.20 Å². The number of allylic oxidation sites excluding steroid dienone is 1. The van der Waals surface area contributed by atoms with Crippen LogP contribution in [0.4, 0.5) is 0 Å². The van der Waals surface area contributed by atoms with Crippen molar-refractivity contribution in [3.63, 3.8) is 0 Å². The number of pyridine rings is 1. The van der Waals surface area contributed by atoms with Crippen LogP contribution in [-0.4, -0.2) is 9.38 Å². The summed E-state index contributed by atoms with van der Waals surface area (Å²) in [5, 5.41) is 1.18. The number of aromatic nitrogens is 2. The van der Waals surface area contributed by atoms with Crippen molar-refractivity contribution >= 4 is 56.4 Å². The number of fused-ring (bicyclic) bond motifs is 2. The molecule has 1 aliphatic carbocycles. The van der Waals surface area contributed by atoms with Gasteiger partial charge in [0.05, 0.1) is 5.69 Å². The third-order valence-corrected chi connectivity index (χ3v) is 5.28. The molecule has 6 heteroatoms. The quantitative estimate of drug-likeness (QED) is 0.537. The molecule has 2 aromatic heterocycles. The second-order valence-electron chi connectivity index (χ2n) is 5.62. The van der Waals surface area contributed by atoms with Gasteiger partial charge in [0.1, 0.15) is 5.65 Å². The molecule has 0 fully saturated rings. The van der Waals surface area contributed by atoms with Gasteiger partial charge in [-0.1, -0.05) is 29.3 Å². The zero-order valence-electron chi connectivity index (χ0n) is 12.4. The van der Waals surface area contributed by atoms with E-state index in [-0.39, 0.29) is 5.56 Å². The highest BCUT2D eigenvalue weighted by Crippen LogP contribution is 2.34. The summed E-state index contributed by atoms with van der Waals surface area (Å²) in [5.74, 6) is 0. The van der Waals surface area contributed by atoms with E-state index in [1.54, 1.807) is 22.7 Å². The van der Waals surface area contributed by atoms with Crippen LogP contribution in [0.25, 0.3) is 17.3 Å². The highest BCUT2D eigenvalue weighted by Gasteiger charge is 2.23. The largest absolute Gasteiger partial charge is 0.269 e. The van der Waals surface area contributed by atoms with Gasteiger partial charge in [0.15, 0.2) is 0 Å². The fourth-order valence-corrected chi connectivity index (χ4v) is 3.83. The summed E-state index contributed by atoms with van der Waals surface area (Å²) in [4.78, 5) is 17.4. The van der Waals surface area contributed by atoms with E-state index in [0.717, 1.165) is 33.3 Å². The van der Waals surface area contributed by atoms with E-state index >= 15 is 0 Å². The Balaban J connectivity index is 1.94. The molecule has 0 radical (unpaired) electrons. The van der Waals surface area contributed by atoms with Gasteiger partial charge in [0.2, 0.25) is 0 Å². The molecule has 0 bridgehead atoms. The van der Waals surface area contributed by atoms with Gasteiger partial charge in [-0.05, 0) is 64.7 Å². The first-order chi connectivity index (χ1) is 11.5. The average Bonchev–Trinajstić information content (AvgIpc) is 2.95. The van der Waals surface area contributed by atoms with Crippen LogP contribution in [0.5, 0.6) is 0 Å². The standard InChI is InChI=1S/C18H11BrCl2N2O/c19-11-5-7-16-22-17-10(4-6-12(17)18(24)23(16)9-11)8-13-14(20)2-1-3-15(13)21/h1-3,5,7-9H,4,6H2. The second kappa shape index (κ2) is 6.03. The molecule has 0 aliphatic heterocycles. The Morgan fingerprint density at radius 2 is 1.88 bits per heavy atom. The highest BCUT2D eigenvalue weighted by molar-refractivity contribution is 9.10. The zero-order valence-corrected chi connectivity index (χ0v) is 15.5. The van der Waals surface area contributed by atoms with Crippen LogP contribution in [0.1, 0.15) is 23.2 Å². The first-order valence-electron chi connectivity index (χ1n) is 7.40. The first kappa shape index (κ1) is 15.9. The summed E-state index contributed by atoms with van der Waals surface area (Å²) in [6, 6.07) is 9.11. The van der Waals surface area contributed by atoms with Crippen LogP contribution < -0.4 is 5.56 Å². The lowest BCUT2D eigenvalue weighted by atomic mass is 10.1. The van der Waals surface area contributed by atoms with Crippen molar-refractivity contribution in [3.05, 3.63) is 78.2 Å². The summed E-state index contributed by atoms with van der Waals surface area (Å²) in [7, 11) is 0. The van der Waals surface area contributed by atoms with Gasteiger partial charge in [-0.25, -0.2) is 4.98 Å². The Morgan fingerprint density at radius 3 is 2.62 bits per heavy atom. The van der Waals surface area contributed by atoms with E-state index in [1.807, 2.05) is 24.3 Å². The van der Waals surface area contributed by atoms with Gasteiger partial charge < -0.3 is 0 Å². The first-order valence-corrected chi connectivity index (χ1v) is 8.95. The van der Waals surface area contributed by atoms with Crippen molar-refractivity contribution in [2.45, 2.75) is 12.8 Å². The minimum atomic E-state index is -0.0232. The predicted octanol–water partition coefficient (Wildman–Crippen LogP) is 5.25. The van der Waals surface area contributed by atoms with E-state index in [1.165, 1.54) is 0 Å². The van der Waals surface area contributed by atoms with Crippen molar-refractivity contribution < 1.29 is 0 Å². The molecule has 1 aliphatic rings. The maximum absolute atomic E-state index is 12.7. The van der Waals surface area contributed by atoms with Gasteiger partial charge in [-0.15, -0.1) is 0 Å². The van der Waals surface area contributed by atoms with Crippen molar-refractivity contribution in [1.82, 2.24) is 9.38 Å². The lowest BCUT2D eigenvalue weighted by molar-refractivity contribution is 0.968. The summed E-state index contributed by atoms with van der Waals surface area (Å²) in [6.45, 7) is 0. The molecular weight excluding hydrogens is 411 g/mol. The molecule has 120 valence electrons. The molecule has 4 rings (SSSR count). The number of nitrogens with zero attached hydrogens (tertiary/aromatic N) is 2. The summed E-state index contributed by atoms with van der Waals surface area (Å²) in [6.07, 6.45) is 5.11. The molecule has 0 spiro atoms. The molecule has 0 atom stereocenters. The Bertz CT molecular complexity index is 1050. The predicted molar refractivity (Wildman–Crippen MR) is 102 cm³/mol. The van der Waals surface area contributed by atoms with Gasteiger partial charge in [0.25, 0.3) is 5.56 Å². The number of rotatable bonds is 1. The lowest BCUT2D eigenvalue weighted by Crippen LogP contribution is -2.19. The number of halogens is 3. The van der Waals surface area contributed by atoms with E-state index in [0.29, 0.717) is 22.1 Å². The van der Waals surface area contributed by atoms with Crippen LogP contribution in [-0.2, 0) is 6.42 Å². The monoisotopic (exact) mass is 420 g/mol. The smallest absolute Gasteiger partial charge is 0.261 e. The maximum atomic E-state index is 12.7. The second-order valence-corrected chi connectivity index (χ2v) is 7.35. The van der Waals surface area contributed by atoms with Crippen LogP contribution >= 0.6 is 39.1 Å². The molecule has 0 N–H and O–H groups in total. The van der Waals surface area contributed by atoms with Crippen LogP contribution in [0.2, 0.25) is 10.0 Å². The zero-order chi connectivity index (χ0) is 16.8.